The van der Waals surface area contributed by atoms with E-state index in [1.165, 1.54) is 0 Å². The van der Waals surface area contributed by atoms with Gasteiger partial charge in [-0.1, -0.05) is 6.92 Å². The molecule has 1 atom stereocenters. The monoisotopic (exact) mass is 280 g/mol. The molecule has 20 heavy (non-hydrogen) atoms. The van der Waals surface area contributed by atoms with Gasteiger partial charge in [0.1, 0.15) is 0 Å². The van der Waals surface area contributed by atoms with E-state index in [1.807, 2.05) is 21.8 Å². The highest BCUT2D eigenvalue weighted by Gasteiger charge is 2.23. The Morgan fingerprint density at radius 1 is 1.55 bits per heavy atom. The first kappa shape index (κ1) is 14.8. The van der Waals surface area contributed by atoms with Crippen LogP contribution in [0.3, 0.4) is 0 Å². The third kappa shape index (κ3) is 4.52. The number of rotatable bonds is 6. The van der Waals surface area contributed by atoms with Gasteiger partial charge in [-0.15, -0.1) is 0 Å². The van der Waals surface area contributed by atoms with Gasteiger partial charge in [0.15, 0.2) is 0 Å². The van der Waals surface area contributed by atoms with Crippen LogP contribution < -0.4 is 5.32 Å². The highest BCUT2D eigenvalue weighted by molar-refractivity contribution is 5.74. The van der Waals surface area contributed by atoms with Crippen molar-refractivity contribution in [3.63, 3.8) is 0 Å². The summed E-state index contributed by atoms with van der Waals surface area (Å²) in [7, 11) is 0. The van der Waals surface area contributed by atoms with Crippen molar-refractivity contribution >= 4 is 6.03 Å². The predicted octanol–water partition coefficient (Wildman–Crippen LogP) is 1.48. The van der Waals surface area contributed by atoms with E-state index in [-0.39, 0.29) is 12.1 Å². The van der Waals surface area contributed by atoms with Gasteiger partial charge in [0.2, 0.25) is 0 Å². The van der Waals surface area contributed by atoms with Crippen LogP contribution >= 0.6 is 0 Å². The molecule has 0 saturated carbocycles. The van der Waals surface area contributed by atoms with E-state index in [0.29, 0.717) is 19.6 Å². The Bertz CT molecular complexity index is 394. The minimum absolute atomic E-state index is 0.00181. The molecule has 1 aromatic rings. The normalized spacial score (nSPS) is 19.1. The maximum absolute atomic E-state index is 12.1. The maximum atomic E-state index is 12.1. The van der Waals surface area contributed by atoms with E-state index in [2.05, 4.69) is 17.3 Å². The summed E-state index contributed by atoms with van der Waals surface area (Å²) in [5, 5.41) is 7.04. The summed E-state index contributed by atoms with van der Waals surface area (Å²) in [6.07, 6.45) is 6.91. The van der Waals surface area contributed by atoms with Crippen LogP contribution in [0.2, 0.25) is 0 Å². The van der Waals surface area contributed by atoms with Crippen molar-refractivity contribution in [1.82, 2.24) is 20.0 Å². The van der Waals surface area contributed by atoms with Crippen LogP contribution in [0.1, 0.15) is 26.2 Å². The van der Waals surface area contributed by atoms with Gasteiger partial charge < -0.3 is 15.0 Å². The Labute approximate surface area is 120 Å². The molecule has 2 rings (SSSR count). The lowest BCUT2D eigenvalue weighted by Gasteiger charge is -2.32. The fourth-order valence-electron chi connectivity index (χ4n) is 2.37. The zero-order chi connectivity index (χ0) is 14.2. The molecule has 1 aliphatic rings. The molecular formula is C14H24N4O2. The lowest BCUT2D eigenvalue weighted by molar-refractivity contribution is 0.0100. The van der Waals surface area contributed by atoms with E-state index in [9.17, 15) is 4.79 Å². The zero-order valence-corrected chi connectivity index (χ0v) is 12.1. The molecule has 1 N–H and O–H groups in total. The summed E-state index contributed by atoms with van der Waals surface area (Å²) in [5.74, 6) is 0. The lowest BCUT2D eigenvalue weighted by atomic mass is 10.1. The third-order valence-corrected chi connectivity index (χ3v) is 3.40. The van der Waals surface area contributed by atoms with Crippen molar-refractivity contribution in [1.29, 1.82) is 0 Å². The fourth-order valence-corrected chi connectivity index (χ4v) is 2.37. The fraction of sp³-hybridized carbons (Fsp3) is 0.714. The van der Waals surface area contributed by atoms with E-state index in [1.54, 1.807) is 6.20 Å². The first-order valence-corrected chi connectivity index (χ1v) is 7.41. The van der Waals surface area contributed by atoms with Gasteiger partial charge in [-0.3, -0.25) is 4.68 Å². The van der Waals surface area contributed by atoms with Gasteiger partial charge in [-0.25, -0.2) is 4.79 Å². The van der Waals surface area contributed by atoms with Crippen LogP contribution in [0.4, 0.5) is 4.79 Å². The molecule has 2 heterocycles. The maximum Gasteiger partial charge on any atom is 0.317 e. The number of carbonyl (C=O) groups is 1. The molecule has 0 radical (unpaired) electrons. The molecular weight excluding hydrogens is 256 g/mol. The number of piperidine rings is 1. The van der Waals surface area contributed by atoms with Gasteiger partial charge in [0, 0.05) is 38.6 Å². The van der Waals surface area contributed by atoms with Crippen molar-refractivity contribution in [2.45, 2.75) is 38.8 Å². The number of urea groups is 1. The van der Waals surface area contributed by atoms with Gasteiger partial charge in [0.25, 0.3) is 0 Å². The number of aromatic nitrogens is 2. The molecule has 112 valence electrons. The summed E-state index contributed by atoms with van der Waals surface area (Å²) >= 11 is 0. The molecule has 1 aromatic heterocycles. The Kier molecular flexibility index (Phi) is 5.86. The van der Waals surface area contributed by atoms with Crippen LogP contribution in [0.25, 0.3) is 0 Å². The Hall–Kier alpha value is -1.56. The summed E-state index contributed by atoms with van der Waals surface area (Å²) < 4.78 is 7.55. The van der Waals surface area contributed by atoms with E-state index in [0.717, 1.165) is 32.4 Å². The second-order valence-corrected chi connectivity index (χ2v) is 5.08. The first-order chi connectivity index (χ1) is 9.79. The Morgan fingerprint density at radius 3 is 3.20 bits per heavy atom. The average Bonchev–Trinajstić information content (AvgIpc) is 2.98. The van der Waals surface area contributed by atoms with Gasteiger partial charge in [-0.05, 0) is 25.3 Å². The molecule has 0 aromatic carbocycles. The Morgan fingerprint density at radius 2 is 2.45 bits per heavy atom. The van der Waals surface area contributed by atoms with Gasteiger partial charge in [-0.2, -0.15) is 5.10 Å². The number of hydrogen-bond acceptors (Lipinski definition) is 3. The highest BCUT2D eigenvalue weighted by atomic mass is 16.5. The number of ether oxygens (including phenoxy) is 1. The minimum Gasteiger partial charge on any atom is -0.376 e. The molecule has 2 amide bonds. The smallest absolute Gasteiger partial charge is 0.317 e. The van der Waals surface area contributed by atoms with Gasteiger partial charge in [0.05, 0.1) is 12.6 Å². The summed E-state index contributed by atoms with van der Waals surface area (Å²) in [5.41, 5.74) is 0. The number of likely N-dealkylation sites (tertiary alicyclic amines) is 1. The molecule has 6 heteroatoms. The topological polar surface area (TPSA) is 59.4 Å². The number of hydrogen-bond donors (Lipinski definition) is 1. The van der Waals surface area contributed by atoms with E-state index in [4.69, 9.17) is 4.74 Å². The largest absolute Gasteiger partial charge is 0.376 e. The second-order valence-electron chi connectivity index (χ2n) is 5.08. The number of nitrogens with zero attached hydrogens (tertiary/aromatic N) is 3. The molecule has 0 bridgehead atoms. The lowest BCUT2D eigenvalue weighted by Crippen LogP contribution is -2.48. The van der Waals surface area contributed by atoms with Crippen molar-refractivity contribution in [3.8, 4) is 0 Å². The van der Waals surface area contributed by atoms with Crippen molar-refractivity contribution in [3.05, 3.63) is 18.5 Å². The molecule has 1 saturated heterocycles. The molecule has 0 aliphatic carbocycles. The standard InChI is InChI=1S/C14H24N4O2/c1-2-11-20-13-5-3-8-17(12-13)14(19)15-7-10-18-9-4-6-16-18/h4,6,9,13H,2-3,5,7-8,10-12H2,1H3,(H,15,19)/t13-/m0/s1. The highest BCUT2D eigenvalue weighted by Crippen LogP contribution is 2.13. The number of carbonyl (C=O) groups excluding carboxylic acids is 1. The minimum atomic E-state index is 0.00181. The number of nitrogens with one attached hydrogen (secondary N) is 1. The van der Waals surface area contributed by atoms with Gasteiger partial charge >= 0.3 is 6.03 Å². The zero-order valence-electron chi connectivity index (χ0n) is 12.1. The molecule has 1 fully saturated rings. The van der Waals surface area contributed by atoms with Crippen molar-refractivity contribution in [2.24, 2.45) is 0 Å². The van der Waals surface area contributed by atoms with Crippen molar-refractivity contribution in [2.75, 3.05) is 26.2 Å². The number of amides is 2. The quantitative estimate of drug-likeness (QED) is 0.858. The van der Waals surface area contributed by atoms with Crippen LogP contribution in [-0.2, 0) is 11.3 Å². The second kappa shape index (κ2) is 7.89. The van der Waals surface area contributed by atoms with Crippen LogP contribution in [0.15, 0.2) is 18.5 Å². The summed E-state index contributed by atoms with van der Waals surface area (Å²) in [6, 6.07) is 1.88. The van der Waals surface area contributed by atoms with Crippen LogP contribution in [0, 0.1) is 0 Å². The predicted molar refractivity (Wildman–Crippen MR) is 76.5 cm³/mol. The SMILES string of the molecule is CCCO[C@H]1CCCN(C(=O)NCCn2cccn2)C1. The van der Waals surface area contributed by atoms with Crippen LogP contribution in [0.5, 0.6) is 0 Å². The van der Waals surface area contributed by atoms with E-state index < -0.39 is 0 Å². The first-order valence-electron chi connectivity index (χ1n) is 7.41. The summed E-state index contributed by atoms with van der Waals surface area (Å²) in [6.45, 7) is 5.69. The molecule has 0 unspecified atom stereocenters. The van der Waals surface area contributed by atoms with Crippen molar-refractivity contribution < 1.29 is 9.53 Å². The molecule has 1 aliphatic heterocycles. The molecule has 6 nitrogen and oxygen atoms in total. The summed E-state index contributed by atoms with van der Waals surface area (Å²) in [4.78, 5) is 13.9. The Balaban J connectivity index is 1.68. The average molecular weight is 280 g/mol. The van der Waals surface area contributed by atoms with E-state index >= 15 is 0 Å². The third-order valence-electron chi connectivity index (χ3n) is 3.40. The molecule has 0 spiro atoms. The van der Waals surface area contributed by atoms with Crippen LogP contribution in [-0.4, -0.2) is 53.1 Å².